The van der Waals surface area contributed by atoms with Crippen LogP contribution in [-0.2, 0) is 4.74 Å². The van der Waals surface area contributed by atoms with E-state index in [-0.39, 0.29) is 6.09 Å². The number of hydrogen-bond acceptors (Lipinski definition) is 4. The molecule has 1 heterocycles. The van der Waals surface area contributed by atoms with Gasteiger partial charge in [-0.25, -0.2) is 4.79 Å². The smallest absolute Gasteiger partial charge is 0.409 e. The molecule has 24 heavy (non-hydrogen) atoms. The predicted octanol–water partition coefficient (Wildman–Crippen LogP) is 3.66. The van der Waals surface area contributed by atoms with Gasteiger partial charge in [0.25, 0.3) is 0 Å². The Bertz CT molecular complexity index is 505. The minimum absolute atomic E-state index is 0.174. The van der Waals surface area contributed by atoms with Crippen molar-refractivity contribution in [3.8, 4) is 5.75 Å². The Morgan fingerprint density at radius 2 is 1.96 bits per heavy atom. The fraction of sp³-hybridized carbons (Fsp3) is 0.611. The third-order valence-electron chi connectivity index (χ3n) is 4.04. The Morgan fingerprint density at radius 1 is 1.17 bits per heavy atom. The highest BCUT2D eigenvalue weighted by Gasteiger charge is 2.21. The van der Waals surface area contributed by atoms with E-state index in [1.54, 1.807) is 4.90 Å². The lowest BCUT2D eigenvalue weighted by atomic mass is 10.3. The number of benzene rings is 1. The molecule has 0 unspecified atom stereocenters. The summed E-state index contributed by atoms with van der Waals surface area (Å²) < 4.78 is 10.9. The molecule has 2 rings (SSSR count). The minimum atomic E-state index is -0.174. The molecule has 0 radical (unpaired) electrons. The molecule has 0 bridgehead atoms. The first-order valence-corrected chi connectivity index (χ1v) is 9.09. The zero-order valence-corrected chi connectivity index (χ0v) is 15.1. The van der Waals surface area contributed by atoms with Gasteiger partial charge >= 0.3 is 6.09 Å². The Labute approximate surface area is 149 Å². The first kappa shape index (κ1) is 18.9. The van der Waals surface area contributed by atoms with Crippen molar-refractivity contribution in [1.29, 1.82) is 0 Å². The molecule has 1 fully saturated rings. The third kappa shape index (κ3) is 6.57. The van der Waals surface area contributed by atoms with E-state index in [4.69, 9.17) is 21.1 Å². The number of unbranched alkanes of at least 4 members (excludes halogenated alkanes) is 1. The third-order valence-corrected chi connectivity index (χ3v) is 4.27. The van der Waals surface area contributed by atoms with Gasteiger partial charge in [0.2, 0.25) is 0 Å². The van der Waals surface area contributed by atoms with Gasteiger partial charge in [-0.1, -0.05) is 31.0 Å². The van der Waals surface area contributed by atoms with Crippen LogP contribution in [0.25, 0.3) is 0 Å². The van der Waals surface area contributed by atoms with E-state index in [1.807, 2.05) is 24.3 Å². The monoisotopic (exact) mass is 354 g/mol. The van der Waals surface area contributed by atoms with Crippen molar-refractivity contribution in [2.24, 2.45) is 0 Å². The van der Waals surface area contributed by atoms with Crippen LogP contribution in [-0.4, -0.2) is 61.8 Å². The van der Waals surface area contributed by atoms with Crippen molar-refractivity contribution in [2.75, 3.05) is 45.9 Å². The van der Waals surface area contributed by atoms with Crippen LogP contribution in [0.3, 0.4) is 0 Å². The molecule has 1 aliphatic rings. The fourth-order valence-corrected chi connectivity index (χ4v) is 2.76. The second kappa shape index (κ2) is 10.4. The maximum absolute atomic E-state index is 11.9. The molecular weight excluding hydrogens is 328 g/mol. The summed E-state index contributed by atoms with van der Waals surface area (Å²) in [6.07, 6.45) is 2.75. The lowest BCUT2D eigenvalue weighted by molar-refractivity contribution is 0.0741. The molecule has 1 saturated heterocycles. The number of carbonyl (C=O) groups excluding carboxylic acids is 1. The van der Waals surface area contributed by atoms with Crippen molar-refractivity contribution in [3.05, 3.63) is 29.3 Å². The van der Waals surface area contributed by atoms with Crippen molar-refractivity contribution in [1.82, 2.24) is 9.80 Å². The van der Waals surface area contributed by atoms with Gasteiger partial charge in [-0.3, -0.25) is 4.90 Å². The highest BCUT2D eigenvalue weighted by molar-refractivity contribution is 6.30. The van der Waals surface area contributed by atoms with Crippen LogP contribution < -0.4 is 4.74 Å². The van der Waals surface area contributed by atoms with Crippen molar-refractivity contribution < 1.29 is 14.3 Å². The average molecular weight is 355 g/mol. The number of hydrogen-bond donors (Lipinski definition) is 0. The summed E-state index contributed by atoms with van der Waals surface area (Å²) in [4.78, 5) is 16.0. The summed E-state index contributed by atoms with van der Waals surface area (Å²) in [6.45, 7) is 7.50. The van der Waals surface area contributed by atoms with E-state index >= 15 is 0 Å². The van der Waals surface area contributed by atoms with Crippen LogP contribution in [0.5, 0.6) is 5.75 Å². The largest absolute Gasteiger partial charge is 0.493 e. The lowest BCUT2D eigenvalue weighted by Crippen LogP contribution is -2.49. The van der Waals surface area contributed by atoms with Crippen LogP contribution in [0.15, 0.2) is 24.3 Å². The first-order valence-electron chi connectivity index (χ1n) is 8.71. The van der Waals surface area contributed by atoms with Gasteiger partial charge in [0.05, 0.1) is 13.2 Å². The maximum atomic E-state index is 11.9. The predicted molar refractivity (Wildman–Crippen MR) is 95.8 cm³/mol. The summed E-state index contributed by atoms with van der Waals surface area (Å²) >= 11 is 5.93. The molecule has 1 aromatic carbocycles. The molecule has 0 spiro atoms. The van der Waals surface area contributed by atoms with Crippen LogP contribution in [0.4, 0.5) is 4.79 Å². The molecule has 0 saturated carbocycles. The normalized spacial score (nSPS) is 15.3. The fourth-order valence-electron chi connectivity index (χ4n) is 2.58. The van der Waals surface area contributed by atoms with E-state index in [1.165, 1.54) is 0 Å². The Morgan fingerprint density at radius 3 is 2.67 bits per heavy atom. The summed E-state index contributed by atoms with van der Waals surface area (Å²) in [5.41, 5.74) is 0. The Hall–Kier alpha value is -1.46. The van der Waals surface area contributed by atoms with Crippen LogP contribution in [0.2, 0.25) is 5.02 Å². The number of halogens is 1. The summed E-state index contributed by atoms with van der Waals surface area (Å²) in [7, 11) is 0. The van der Waals surface area contributed by atoms with Crippen molar-refractivity contribution >= 4 is 17.7 Å². The zero-order chi connectivity index (χ0) is 17.2. The molecule has 0 atom stereocenters. The minimum Gasteiger partial charge on any atom is -0.493 e. The highest BCUT2D eigenvalue weighted by atomic mass is 35.5. The van der Waals surface area contributed by atoms with E-state index < -0.39 is 0 Å². The molecular formula is C18H27ClN2O3. The number of carbonyl (C=O) groups is 1. The second-order valence-corrected chi connectivity index (χ2v) is 6.39. The van der Waals surface area contributed by atoms with Crippen LogP contribution >= 0.6 is 11.6 Å². The van der Waals surface area contributed by atoms with Gasteiger partial charge in [-0.05, 0) is 31.0 Å². The first-order chi connectivity index (χ1) is 11.7. The number of rotatable bonds is 8. The standard InChI is InChI=1S/C18H27ClN2O3/c1-2-3-13-24-18(22)21-11-9-20(10-12-21)8-5-14-23-17-7-4-6-16(19)15-17/h4,6-7,15H,2-3,5,8-14H2,1H3. The molecule has 5 nitrogen and oxygen atoms in total. The Balaban J connectivity index is 1.57. The summed E-state index contributed by atoms with van der Waals surface area (Å²) in [5, 5.41) is 0.689. The summed E-state index contributed by atoms with van der Waals surface area (Å²) in [6, 6.07) is 7.46. The van der Waals surface area contributed by atoms with E-state index in [0.717, 1.165) is 57.7 Å². The van der Waals surface area contributed by atoms with E-state index in [0.29, 0.717) is 18.2 Å². The van der Waals surface area contributed by atoms with Crippen molar-refractivity contribution in [3.63, 3.8) is 0 Å². The van der Waals surface area contributed by atoms with Crippen LogP contribution in [0.1, 0.15) is 26.2 Å². The number of amides is 1. The SMILES string of the molecule is CCCCOC(=O)N1CCN(CCCOc2cccc(Cl)c2)CC1. The Kier molecular flexibility index (Phi) is 8.19. The molecule has 1 amide bonds. The maximum Gasteiger partial charge on any atom is 0.409 e. The highest BCUT2D eigenvalue weighted by Crippen LogP contribution is 2.17. The summed E-state index contributed by atoms with van der Waals surface area (Å²) in [5.74, 6) is 0.808. The number of ether oxygens (including phenoxy) is 2. The van der Waals surface area contributed by atoms with Gasteiger partial charge in [-0.15, -0.1) is 0 Å². The van der Waals surface area contributed by atoms with Gasteiger partial charge in [-0.2, -0.15) is 0 Å². The molecule has 0 aliphatic carbocycles. The van der Waals surface area contributed by atoms with Crippen molar-refractivity contribution in [2.45, 2.75) is 26.2 Å². The number of nitrogens with zero attached hydrogens (tertiary/aromatic N) is 2. The molecule has 0 aromatic heterocycles. The van der Waals surface area contributed by atoms with E-state index in [2.05, 4.69) is 11.8 Å². The van der Waals surface area contributed by atoms with Gasteiger partial charge in [0, 0.05) is 37.7 Å². The topological polar surface area (TPSA) is 42.0 Å². The number of piperazine rings is 1. The average Bonchev–Trinajstić information content (AvgIpc) is 2.59. The molecule has 0 N–H and O–H groups in total. The zero-order valence-electron chi connectivity index (χ0n) is 14.4. The van der Waals surface area contributed by atoms with E-state index in [9.17, 15) is 4.79 Å². The lowest BCUT2D eigenvalue weighted by Gasteiger charge is -2.34. The molecule has 6 heteroatoms. The second-order valence-electron chi connectivity index (χ2n) is 5.96. The van der Waals surface area contributed by atoms with Gasteiger partial charge in [0.1, 0.15) is 5.75 Å². The quantitative estimate of drug-likeness (QED) is 0.668. The molecule has 1 aromatic rings. The van der Waals surface area contributed by atoms with Gasteiger partial charge < -0.3 is 14.4 Å². The molecule has 134 valence electrons. The van der Waals surface area contributed by atoms with Crippen LogP contribution in [0, 0.1) is 0 Å². The van der Waals surface area contributed by atoms with Gasteiger partial charge in [0.15, 0.2) is 0 Å². The molecule has 1 aliphatic heterocycles.